The number of pyridine rings is 1. The minimum atomic E-state index is 0.100. The van der Waals surface area contributed by atoms with Crippen LogP contribution < -0.4 is 10.2 Å². The molecule has 8 nitrogen and oxygen atoms in total. The number of anilines is 3. The molecule has 29 heavy (non-hydrogen) atoms. The van der Waals surface area contributed by atoms with Crippen molar-refractivity contribution in [1.29, 1.82) is 0 Å². The highest BCUT2D eigenvalue weighted by Crippen LogP contribution is 2.32. The molecule has 4 rings (SSSR count). The fourth-order valence-electron chi connectivity index (χ4n) is 3.89. The highest BCUT2D eigenvalue weighted by atomic mass is 35.5. The number of aromatic nitrogens is 3. The summed E-state index contributed by atoms with van der Waals surface area (Å²) in [6, 6.07) is 1.87. The van der Waals surface area contributed by atoms with Gasteiger partial charge in [-0.25, -0.2) is 9.97 Å². The molecule has 0 bridgehead atoms. The van der Waals surface area contributed by atoms with Crippen LogP contribution in [-0.4, -0.2) is 51.3 Å². The predicted octanol–water partition coefficient (Wildman–Crippen LogP) is 3.12. The highest BCUT2D eigenvalue weighted by Gasteiger charge is 2.25. The van der Waals surface area contributed by atoms with E-state index in [4.69, 9.17) is 11.6 Å². The number of piperidine rings is 1. The lowest BCUT2D eigenvalue weighted by molar-refractivity contribution is -0.129. The van der Waals surface area contributed by atoms with E-state index in [1.807, 2.05) is 11.0 Å². The summed E-state index contributed by atoms with van der Waals surface area (Å²) in [7, 11) is 0. The molecule has 4 heterocycles. The van der Waals surface area contributed by atoms with Crippen LogP contribution in [0.5, 0.6) is 0 Å². The van der Waals surface area contributed by atoms with Gasteiger partial charge in [-0.3, -0.25) is 14.6 Å². The first kappa shape index (κ1) is 19.6. The second-order valence-corrected chi connectivity index (χ2v) is 7.82. The van der Waals surface area contributed by atoms with E-state index >= 15 is 0 Å². The Hall–Kier alpha value is -2.74. The van der Waals surface area contributed by atoms with E-state index in [-0.39, 0.29) is 17.7 Å². The van der Waals surface area contributed by atoms with E-state index in [0.717, 1.165) is 30.6 Å². The van der Waals surface area contributed by atoms with Crippen molar-refractivity contribution in [3.05, 3.63) is 35.4 Å². The molecule has 2 aromatic rings. The molecular formula is C20H23ClN6O2. The number of carbonyl (C=O) groups excluding carboxylic acids is 2. The smallest absolute Gasteiger partial charge is 0.227 e. The number of halogens is 1. The van der Waals surface area contributed by atoms with Crippen LogP contribution in [0, 0.1) is 0 Å². The summed E-state index contributed by atoms with van der Waals surface area (Å²) >= 11 is 6.37. The molecule has 2 aliphatic heterocycles. The third kappa shape index (κ3) is 4.32. The van der Waals surface area contributed by atoms with Crippen LogP contribution in [0.25, 0.3) is 0 Å². The molecule has 152 valence electrons. The molecule has 0 aliphatic carbocycles. The molecule has 0 aromatic carbocycles. The van der Waals surface area contributed by atoms with Gasteiger partial charge in [-0.05, 0) is 25.3 Å². The van der Waals surface area contributed by atoms with Crippen molar-refractivity contribution in [2.24, 2.45) is 0 Å². The zero-order valence-corrected chi connectivity index (χ0v) is 17.0. The molecule has 9 heteroatoms. The van der Waals surface area contributed by atoms with Gasteiger partial charge in [0.15, 0.2) is 0 Å². The van der Waals surface area contributed by atoms with Gasteiger partial charge in [0.1, 0.15) is 0 Å². The van der Waals surface area contributed by atoms with E-state index in [1.54, 1.807) is 30.4 Å². The Kier molecular flexibility index (Phi) is 5.62. The highest BCUT2D eigenvalue weighted by molar-refractivity contribution is 6.31. The predicted molar refractivity (Wildman–Crippen MR) is 110 cm³/mol. The van der Waals surface area contributed by atoms with Gasteiger partial charge in [-0.2, -0.15) is 0 Å². The van der Waals surface area contributed by atoms with Crippen molar-refractivity contribution in [3.8, 4) is 0 Å². The van der Waals surface area contributed by atoms with E-state index < -0.39 is 0 Å². The number of carbonyl (C=O) groups is 2. The van der Waals surface area contributed by atoms with Gasteiger partial charge in [0.25, 0.3) is 0 Å². The Balaban J connectivity index is 1.50. The van der Waals surface area contributed by atoms with Crippen LogP contribution in [0.15, 0.2) is 24.7 Å². The molecule has 0 spiro atoms. The summed E-state index contributed by atoms with van der Waals surface area (Å²) < 4.78 is 0. The monoisotopic (exact) mass is 414 g/mol. The van der Waals surface area contributed by atoms with Gasteiger partial charge in [0.2, 0.25) is 17.8 Å². The second kappa shape index (κ2) is 8.32. The number of amides is 2. The molecule has 2 aliphatic rings. The number of nitrogens with one attached hydrogen (secondary N) is 1. The first-order valence-corrected chi connectivity index (χ1v) is 10.2. The Morgan fingerprint density at radius 1 is 1.21 bits per heavy atom. The minimum Gasteiger partial charge on any atom is -0.343 e. The summed E-state index contributed by atoms with van der Waals surface area (Å²) in [6.07, 6.45) is 8.04. The molecule has 0 radical (unpaired) electrons. The summed E-state index contributed by atoms with van der Waals surface area (Å²) in [5.41, 5.74) is 2.27. The summed E-state index contributed by atoms with van der Waals surface area (Å²) in [5.74, 6) is 0.841. The molecule has 0 atom stereocenters. The standard InChI is InChI=1S/C20H23ClN6O2/c1-13(28)26-7-4-14(5-8-26)19-17(21)12-23-20(25-19)24-15-9-16(11-22-10-15)27-6-2-3-18(27)29/h9-12,14H,2-8H2,1H3,(H,23,24,25). The molecule has 2 fully saturated rings. The Bertz CT molecular complexity index is 929. The maximum absolute atomic E-state index is 12.0. The zero-order chi connectivity index (χ0) is 20.4. The molecule has 0 saturated carbocycles. The fraction of sp³-hybridized carbons (Fsp3) is 0.450. The van der Waals surface area contributed by atoms with Crippen molar-refractivity contribution < 1.29 is 9.59 Å². The Morgan fingerprint density at radius 3 is 2.69 bits per heavy atom. The van der Waals surface area contributed by atoms with Crippen molar-refractivity contribution in [2.45, 2.75) is 38.5 Å². The largest absolute Gasteiger partial charge is 0.343 e. The van der Waals surface area contributed by atoms with Crippen LogP contribution in [0.2, 0.25) is 5.02 Å². The number of likely N-dealkylation sites (tertiary alicyclic amines) is 1. The third-order valence-electron chi connectivity index (χ3n) is 5.46. The van der Waals surface area contributed by atoms with Gasteiger partial charge in [0, 0.05) is 38.9 Å². The summed E-state index contributed by atoms with van der Waals surface area (Å²) in [6.45, 7) is 3.72. The number of rotatable bonds is 4. The lowest BCUT2D eigenvalue weighted by Crippen LogP contribution is -2.36. The molecule has 0 unspecified atom stereocenters. The first-order valence-electron chi connectivity index (χ1n) is 9.81. The molecule has 2 saturated heterocycles. The Labute approximate surface area is 174 Å². The zero-order valence-electron chi connectivity index (χ0n) is 16.3. The number of hydrogen-bond donors (Lipinski definition) is 1. The van der Waals surface area contributed by atoms with Crippen molar-refractivity contribution in [2.75, 3.05) is 29.9 Å². The molecular weight excluding hydrogens is 392 g/mol. The van der Waals surface area contributed by atoms with Crippen molar-refractivity contribution in [3.63, 3.8) is 0 Å². The van der Waals surface area contributed by atoms with Gasteiger partial charge < -0.3 is 15.1 Å². The maximum atomic E-state index is 12.0. The van der Waals surface area contributed by atoms with Crippen LogP contribution in [0.4, 0.5) is 17.3 Å². The average Bonchev–Trinajstić information content (AvgIpc) is 3.16. The van der Waals surface area contributed by atoms with E-state index in [9.17, 15) is 9.59 Å². The second-order valence-electron chi connectivity index (χ2n) is 7.41. The lowest BCUT2D eigenvalue weighted by atomic mass is 9.93. The first-order chi connectivity index (χ1) is 14.0. The van der Waals surface area contributed by atoms with E-state index in [0.29, 0.717) is 42.7 Å². The van der Waals surface area contributed by atoms with Crippen LogP contribution in [-0.2, 0) is 9.59 Å². The van der Waals surface area contributed by atoms with Gasteiger partial charge >= 0.3 is 0 Å². The maximum Gasteiger partial charge on any atom is 0.227 e. The SMILES string of the molecule is CC(=O)N1CCC(c2nc(Nc3cncc(N4CCCC4=O)c3)ncc2Cl)CC1. The lowest BCUT2D eigenvalue weighted by Gasteiger charge is -2.31. The molecule has 2 amide bonds. The number of nitrogens with zero attached hydrogens (tertiary/aromatic N) is 5. The van der Waals surface area contributed by atoms with Crippen molar-refractivity contribution in [1.82, 2.24) is 19.9 Å². The quantitative estimate of drug-likeness (QED) is 0.826. The third-order valence-corrected chi connectivity index (χ3v) is 5.75. The van der Waals surface area contributed by atoms with E-state index in [1.165, 1.54) is 0 Å². The van der Waals surface area contributed by atoms with Gasteiger partial charge in [-0.15, -0.1) is 0 Å². The van der Waals surface area contributed by atoms with Crippen molar-refractivity contribution >= 4 is 40.7 Å². The normalized spacial score (nSPS) is 17.7. The molecule has 2 aromatic heterocycles. The topological polar surface area (TPSA) is 91.3 Å². The van der Waals surface area contributed by atoms with Gasteiger partial charge in [-0.1, -0.05) is 11.6 Å². The number of hydrogen-bond acceptors (Lipinski definition) is 6. The summed E-state index contributed by atoms with van der Waals surface area (Å²) in [4.78, 5) is 40.3. The minimum absolute atomic E-state index is 0.100. The Morgan fingerprint density at radius 2 is 2.00 bits per heavy atom. The fourth-order valence-corrected chi connectivity index (χ4v) is 4.13. The van der Waals surface area contributed by atoms with Crippen LogP contribution >= 0.6 is 11.6 Å². The van der Waals surface area contributed by atoms with Gasteiger partial charge in [0.05, 0.1) is 40.7 Å². The van der Waals surface area contributed by atoms with Crippen LogP contribution in [0.3, 0.4) is 0 Å². The van der Waals surface area contributed by atoms with Crippen LogP contribution in [0.1, 0.15) is 44.2 Å². The van der Waals surface area contributed by atoms with E-state index in [2.05, 4.69) is 20.3 Å². The molecule has 1 N–H and O–H groups in total. The average molecular weight is 415 g/mol. The summed E-state index contributed by atoms with van der Waals surface area (Å²) in [5, 5.41) is 3.70.